The highest BCUT2D eigenvalue weighted by Crippen LogP contribution is 2.33. The molecule has 0 amide bonds. The minimum atomic E-state index is 0.797. The lowest BCUT2D eigenvalue weighted by molar-refractivity contribution is 0.104. The predicted molar refractivity (Wildman–Crippen MR) is 88.4 cm³/mol. The maximum absolute atomic E-state index is 6.04. The van der Waals surface area contributed by atoms with Crippen LogP contribution in [0.25, 0.3) is 0 Å². The summed E-state index contributed by atoms with van der Waals surface area (Å²) >= 11 is 0. The normalized spacial score (nSPS) is 31.3. The van der Waals surface area contributed by atoms with Gasteiger partial charge in [0.1, 0.15) is 0 Å². The number of rotatable bonds is 2. The topological polar surface area (TPSA) is 45.4 Å². The molecule has 1 aliphatic heterocycles. The molecular formula is C17H28N4. The van der Waals surface area contributed by atoms with Crippen molar-refractivity contribution in [3.63, 3.8) is 0 Å². The van der Waals surface area contributed by atoms with Crippen LogP contribution in [0, 0.1) is 11.8 Å². The molecule has 0 aromatic carbocycles. The minimum Gasteiger partial charge on any atom is -0.396 e. The van der Waals surface area contributed by atoms with E-state index in [2.05, 4.69) is 28.6 Å². The Morgan fingerprint density at radius 1 is 1.10 bits per heavy atom. The number of anilines is 2. The molecule has 0 bridgehead atoms. The predicted octanol–water partition coefficient (Wildman–Crippen LogP) is 2.61. The minimum absolute atomic E-state index is 0.797. The summed E-state index contributed by atoms with van der Waals surface area (Å²) in [6.07, 6.45) is 7.74. The molecule has 4 heteroatoms. The van der Waals surface area contributed by atoms with Gasteiger partial charge in [0.2, 0.25) is 0 Å². The standard InChI is InChI=1S/C17H28N4/c1-13-3-4-15(11-14(13)2)20-7-9-21(10-8-20)17-5-6-19-12-16(17)18/h5-6,12-15H,3-4,7-11,18H2,1-2H3. The highest BCUT2D eigenvalue weighted by molar-refractivity contribution is 5.66. The summed E-state index contributed by atoms with van der Waals surface area (Å²) < 4.78 is 0. The maximum Gasteiger partial charge on any atom is 0.0738 e. The van der Waals surface area contributed by atoms with E-state index in [1.807, 2.05) is 12.3 Å². The van der Waals surface area contributed by atoms with Crippen molar-refractivity contribution in [1.82, 2.24) is 9.88 Å². The Labute approximate surface area is 128 Å². The molecule has 2 heterocycles. The lowest BCUT2D eigenvalue weighted by Gasteiger charge is -2.44. The molecule has 4 nitrogen and oxygen atoms in total. The third-order valence-electron chi connectivity index (χ3n) is 5.57. The molecule has 2 N–H and O–H groups in total. The van der Waals surface area contributed by atoms with Crippen LogP contribution in [0.2, 0.25) is 0 Å². The van der Waals surface area contributed by atoms with E-state index in [9.17, 15) is 0 Å². The maximum atomic E-state index is 6.04. The summed E-state index contributed by atoms with van der Waals surface area (Å²) in [6.45, 7) is 9.31. The molecule has 3 atom stereocenters. The Morgan fingerprint density at radius 3 is 2.52 bits per heavy atom. The average Bonchev–Trinajstić information content (AvgIpc) is 2.51. The molecule has 1 saturated carbocycles. The molecule has 1 aliphatic carbocycles. The van der Waals surface area contributed by atoms with Gasteiger partial charge in [0.15, 0.2) is 0 Å². The second-order valence-electron chi connectivity index (χ2n) is 6.88. The van der Waals surface area contributed by atoms with Gasteiger partial charge in [0.05, 0.1) is 17.6 Å². The molecule has 3 rings (SSSR count). The fourth-order valence-corrected chi connectivity index (χ4v) is 3.87. The Kier molecular flexibility index (Phi) is 4.34. The van der Waals surface area contributed by atoms with E-state index in [0.717, 1.165) is 55.4 Å². The van der Waals surface area contributed by atoms with E-state index >= 15 is 0 Å². The van der Waals surface area contributed by atoms with Gasteiger partial charge in [-0.25, -0.2) is 0 Å². The van der Waals surface area contributed by atoms with Crippen LogP contribution in [-0.4, -0.2) is 42.1 Å². The molecular weight excluding hydrogens is 260 g/mol. The van der Waals surface area contributed by atoms with Crippen molar-refractivity contribution in [1.29, 1.82) is 0 Å². The van der Waals surface area contributed by atoms with Crippen molar-refractivity contribution in [3.05, 3.63) is 18.5 Å². The van der Waals surface area contributed by atoms with Crippen LogP contribution in [0.4, 0.5) is 11.4 Å². The van der Waals surface area contributed by atoms with E-state index in [1.54, 1.807) is 6.20 Å². The third-order valence-corrected chi connectivity index (χ3v) is 5.57. The van der Waals surface area contributed by atoms with Crippen LogP contribution < -0.4 is 10.6 Å². The molecule has 21 heavy (non-hydrogen) atoms. The van der Waals surface area contributed by atoms with Crippen molar-refractivity contribution in [3.8, 4) is 0 Å². The summed E-state index contributed by atoms with van der Waals surface area (Å²) in [4.78, 5) is 9.19. The van der Waals surface area contributed by atoms with Gasteiger partial charge in [0.25, 0.3) is 0 Å². The van der Waals surface area contributed by atoms with Crippen molar-refractivity contribution in [2.75, 3.05) is 36.8 Å². The number of pyridine rings is 1. The fraction of sp³-hybridized carbons (Fsp3) is 0.706. The fourth-order valence-electron chi connectivity index (χ4n) is 3.87. The summed E-state index contributed by atoms with van der Waals surface area (Å²) in [7, 11) is 0. The first-order valence-corrected chi connectivity index (χ1v) is 8.33. The summed E-state index contributed by atoms with van der Waals surface area (Å²) in [6, 6.07) is 2.84. The summed E-state index contributed by atoms with van der Waals surface area (Å²) in [5.74, 6) is 1.77. The number of piperazine rings is 1. The Hall–Kier alpha value is -1.29. The number of hydrogen-bond acceptors (Lipinski definition) is 4. The van der Waals surface area contributed by atoms with Crippen molar-refractivity contribution >= 4 is 11.4 Å². The van der Waals surface area contributed by atoms with Crippen LogP contribution in [0.15, 0.2) is 18.5 Å². The zero-order valence-corrected chi connectivity index (χ0v) is 13.3. The Bertz CT molecular complexity index is 468. The zero-order valence-electron chi connectivity index (χ0n) is 13.3. The highest BCUT2D eigenvalue weighted by atomic mass is 15.3. The summed E-state index contributed by atoms with van der Waals surface area (Å²) in [5.41, 5.74) is 7.99. The van der Waals surface area contributed by atoms with E-state index < -0.39 is 0 Å². The molecule has 3 unspecified atom stereocenters. The van der Waals surface area contributed by atoms with Crippen molar-refractivity contribution in [2.45, 2.75) is 39.2 Å². The Morgan fingerprint density at radius 2 is 1.86 bits per heavy atom. The van der Waals surface area contributed by atoms with E-state index in [4.69, 9.17) is 5.73 Å². The molecule has 0 spiro atoms. The van der Waals surface area contributed by atoms with Crippen molar-refractivity contribution < 1.29 is 0 Å². The highest BCUT2D eigenvalue weighted by Gasteiger charge is 2.30. The van der Waals surface area contributed by atoms with Crippen LogP contribution in [0.3, 0.4) is 0 Å². The molecule has 2 aliphatic rings. The van der Waals surface area contributed by atoms with E-state index in [-0.39, 0.29) is 0 Å². The first-order valence-electron chi connectivity index (χ1n) is 8.33. The van der Waals surface area contributed by atoms with Gasteiger partial charge in [-0.05, 0) is 37.2 Å². The number of nitrogen functional groups attached to an aromatic ring is 1. The SMILES string of the molecule is CC1CCC(N2CCN(c3ccncc3N)CC2)CC1C. The molecule has 2 fully saturated rings. The van der Waals surface area contributed by atoms with E-state index in [0.29, 0.717) is 0 Å². The largest absolute Gasteiger partial charge is 0.396 e. The molecule has 1 aromatic rings. The number of hydrogen-bond donors (Lipinski definition) is 1. The summed E-state index contributed by atoms with van der Waals surface area (Å²) in [5, 5.41) is 0. The molecule has 1 saturated heterocycles. The van der Waals surface area contributed by atoms with Gasteiger partial charge in [0, 0.05) is 38.4 Å². The van der Waals surface area contributed by atoms with Gasteiger partial charge in [-0.3, -0.25) is 9.88 Å². The second-order valence-corrected chi connectivity index (χ2v) is 6.88. The van der Waals surface area contributed by atoms with Gasteiger partial charge >= 0.3 is 0 Å². The van der Waals surface area contributed by atoms with Gasteiger partial charge in [-0.15, -0.1) is 0 Å². The van der Waals surface area contributed by atoms with Crippen LogP contribution in [0.1, 0.15) is 33.1 Å². The second kappa shape index (κ2) is 6.22. The number of nitrogens with zero attached hydrogens (tertiary/aromatic N) is 3. The first kappa shape index (κ1) is 14.6. The van der Waals surface area contributed by atoms with Crippen LogP contribution >= 0.6 is 0 Å². The first-order chi connectivity index (χ1) is 10.1. The van der Waals surface area contributed by atoms with Crippen molar-refractivity contribution in [2.24, 2.45) is 11.8 Å². The molecule has 0 radical (unpaired) electrons. The lowest BCUT2D eigenvalue weighted by Crippen LogP contribution is -2.52. The quantitative estimate of drug-likeness (QED) is 0.908. The van der Waals surface area contributed by atoms with E-state index in [1.165, 1.54) is 19.3 Å². The average molecular weight is 288 g/mol. The van der Waals surface area contributed by atoms with Gasteiger partial charge in [-0.2, -0.15) is 0 Å². The Balaban J connectivity index is 1.57. The van der Waals surface area contributed by atoms with Gasteiger partial charge in [-0.1, -0.05) is 13.8 Å². The van der Waals surface area contributed by atoms with Gasteiger partial charge < -0.3 is 10.6 Å². The smallest absolute Gasteiger partial charge is 0.0738 e. The number of nitrogens with two attached hydrogens (primary N) is 1. The van der Waals surface area contributed by atoms with Crippen LogP contribution in [-0.2, 0) is 0 Å². The monoisotopic (exact) mass is 288 g/mol. The number of aromatic nitrogens is 1. The lowest BCUT2D eigenvalue weighted by atomic mass is 9.78. The van der Waals surface area contributed by atoms with Crippen LogP contribution in [0.5, 0.6) is 0 Å². The molecule has 1 aromatic heterocycles. The zero-order chi connectivity index (χ0) is 14.8. The third kappa shape index (κ3) is 3.15. The molecule has 116 valence electrons.